The molecule has 3 rings (SSSR count). The smallest absolute Gasteiger partial charge is 0.243 e. The third-order valence-corrected chi connectivity index (χ3v) is 6.59. The first-order valence-corrected chi connectivity index (χ1v) is 12.9. The Balaban J connectivity index is 1.83. The van der Waals surface area contributed by atoms with Gasteiger partial charge in [0, 0.05) is 36.1 Å². The Hall–Kier alpha value is -3.12. The third-order valence-electron chi connectivity index (χ3n) is 5.57. The molecule has 0 saturated carbocycles. The lowest BCUT2D eigenvalue weighted by atomic mass is 10.0. The van der Waals surface area contributed by atoms with Crippen LogP contribution in [0.25, 0.3) is 0 Å². The number of carbonyl (C=O) groups excluding carboxylic acids is 2. The summed E-state index contributed by atoms with van der Waals surface area (Å²) in [5.41, 5.74) is 2.94. The van der Waals surface area contributed by atoms with Crippen molar-refractivity contribution in [3.05, 3.63) is 101 Å². The van der Waals surface area contributed by atoms with Gasteiger partial charge in [0.2, 0.25) is 11.8 Å². The van der Waals surface area contributed by atoms with Gasteiger partial charge >= 0.3 is 0 Å². The molecule has 35 heavy (non-hydrogen) atoms. The van der Waals surface area contributed by atoms with Crippen molar-refractivity contribution in [2.24, 2.45) is 0 Å². The van der Waals surface area contributed by atoms with E-state index in [2.05, 4.69) is 29.6 Å². The first-order chi connectivity index (χ1) is 16.8. The highest BCUT2D eigenvalue weighted by atomic mass is 32.2. The van der Waals surface area contributed by atoms with Crippen LogP contribution in [0.1, 0.15) is 37.0 Å². The van der Waals surface area contributed by atoms with E-state index in [1.165, 1.54) is 17.7 Å². The summed E-state index contributed by atoms with van der Waals surface area (Å²) in [6.07, 6.45) is 0.692. The molecule has 0 spiro atoms. The van der Waals surface area contributed by atoms with Crippen LogP contribution < -0.4 is 5.32 Å². The molecular weight excluding hydrogens is 459 g/mol. The van der Waals surface area contributed by atoms with Crippen LogP contribution in [-0.4, -0.2) is 34.6 Å². The average molecular weight is 493 g/mol. The second-order valence-electron chi connectivity index (χ2n) is 8.93. The Kier molecular flexibility index (Phi) is 9.91. The molecule has 0 saturated heterocycles. The van der Waals surface area contributed by atoms with Gasteiger partial charge in [0.25, 0.3) is 0 Å². The second-order valence-corrected chi connectivity index (χ2v) is 10.1. The van der Waals surface area contributed by atoms with Gasteiger partial charge in [-0.2, -0.15) is 0 Å². The second kappa shape index (κ2) is 13.1. The standard InChI is InChI=1S/C29H33FN2O2S/c1-21(2)31-29(34)27(19-23-7-5-4-6-8-23)32(20-24-11-13-25(30)14-12-24)28(33)17-18-35-26-15-9-22(3)10-16-26/h4-16,21,27H,17-20H2,1-3H3,(H,31,34)/t27-/m0/s1. The van der Waals surface area contributed by atoms with Crippen molar-refractivity contribution < 1.29 is 14.0 Å². The molecule has 0 unspecified atom stereocenters. The maximum absolute atomic E-state index is 13.5. The highest BCUT2D eigenvalue weighted by Gasteiger charge is 2.30. The van der Waals surface area contributed by atoms with Gasteiger partial charge in [-0.15, -0.1) is 11.8 Å². The van der Waals surface area contributed by atoms with E-state index in [1.807, 2.05) is 51.1 Å². The van der Waals surface area contributed by atoms with Crippen LogP contribution >= 0.6 is 11.8 Å². The number of aryl methyl sites for hydroxylation is 1. The van der Waals surface area contributed by atoms with Crippen molar-refractivity contribution in [1.82, 2.24) is 10.2 Å². The monoisotopic (exact) mass is 492 g/mol. The topological polar surface area (TPSA) is 49.4 Å². The van der Waals surface area contributed by atoms with Gasteiger partial charge in [0.05, 0.1) is 0 Å². The zero-order valence-corrected chi connectivity index (χ0v) is 21.4. The number of hydrogen-bond acceptors (Lipinski definition) is 3. The minimum atomic E-state index is -0.679. The maximum Gasteiger partial charge on any atom is 0.243 e. The molecule has 0 aliphatic rings. The molecular formula is C29H33FN2O2S. The summed E-state index contributed by atoms with van der Waals surface area (Å²) >= 11 is 1.62. The summed E-state index contributed by atoms with van der Waals surface area (Å²) in [5, 5.41) is 2.98. The highest BCUT2D eigenvalue weighted by Crippen LogP contribution is 2.21. The van der Waals surface area contributed by atoms with Crippen molar-refractivity contribution in [1.29, 1.82) is 0 Å². The van der Waals surface area contributed by atoms with Crippen LogP contribution in [0.2, 0.25) is 0 Å². The maximum atomic E-state index is 13.5. The molecule has 0 aliphatic heterocycles. The molecule has 3 aromatic rings. The third kappa shape index (κ3) is 8.55. The van der Waals surface area contributed by atoms with Gasteiger partial charge in [0.15, 0.2) is 0 Å². The largest absolute Gasteiger partial charge is 0.352 e. The van der Waals surface area contributed by atoms with Crippen molar-refractivity contribution in [2.75, 3.05) is 5.75 Å². The molecule has 0 radical (unpaired) electrons. The lowest BCUT2D eigenvalue weighted by Crippen LogP contribution is -2.51. The number of halogens is 1. The van der Waals surface area contributed by atoms with E-state index < -0.39 is 6.04 Å². The van der Waals surface area contributed by atoms with E-state index in [4.69, 9.17) is 0 Å². The van der Waals surface area contributed by atoms with Gasteiger partial charge < -0.3 is 10.2 Å². The minimum Gasteiger partial charge on any atom is -0.352 e. The van der Waals surface area contributed by atoms with Crippen LogP contribution in [0.5, 0.6) is 0 Å². The minimum absolute atomic E-state index is 0.0550. The summed E-state index contributed by atoms with van der Waals surface area (Å²) in [7, 11) is 0. The van der Waals surface area contributed by atoms with E-state index in [0.717, 1.165) is 16.0 Å². The molecule has 1 N–H and O–H groups in total. The number of carbonyl (C=O) groups is 2. The number of thioether (sulfide) groups is 1. The van der Waals surface area contributed by atoms with Gasteiger partial charge in [-0.1, -0.05) is 60.2 Å². The van der Waals surface area contributed by atoms with Gasteiger partial charge in [-0.3, -0.25) is 9.59 Å². The average Bonchev–Trinajstić information content (AvgIpc) is 2.84. The molecule has 1 atom stereocenters. The van der Waals surface area contributed by atoms with Gasteiger partial charge in [0.1, 0.15) is 11.9 Å². The molecule has 0 bridgehead atoms. The van der Waals surface area contributed by atoms with Gasteiger partial charge in [-0.25, -0.2) is 4.39 Å². The molecule has 2 amide bonds. The van der Waals surface area contributed by atoms with Gasteiger partial charge in [-0.05, 0) is 56.2 Å². The summed E-state index contributed by atoms with van der Waals surface area (Å²) in [5.74, 6) is -0.0233. The summed E-state index contributed by atoms with van der Waals surface area (Å²) in [6, 6.07) is 23.3. The Morgan fingerprint density at radius 3 is 2.20 bits per heavy atom. The van der Waals surface area contributed by atoms with Crippen LogP contribution in [0.4, 0.5) is 4.39 Å². The normalized spacial score (nSPS) is 11.8. The fourth-order valence-corrected chi connectivity index (χ4v) is 4.60. The van der Waals surface area contributed by atoms with Crippen molar-refractivity contribution >= 4 is 23.6 Å². The molecule has 0 aliphatic carbocycles. The first-order valence-electron chi connectivity index (χ1n) is 11.9. The number of nitrogens with one attached hydrogen (secondary N) is 1. The highest BCUT2D eigenvalue weighted by molar-refractivity contribution is 7.99. The number of rotatable bonds is 11. The zero-order chi connectivity index (χ0) is 25.2. The molecule has 6 heteroatoms. The van der Waals surface area contributed by atoms with Crippen molar-refractivity contribution in [2.45, 2.75) is 57.1 Å². The molecule has 0 heterocycles. The van der Waals surface area contributed by atoms with Crippen LogP contribution in [0, 0.1) is 12.7 Å². The lowest BCUT2D eigenvalue weighted by Gasteiger charge is -2.32. The Labute approximate surface area is 211 Å². The molecule has 184 valence electrons. The number of amides is 2. The quantitative estimate of drug-likeness (QED) is 0.345. The van der Waals surface area contributed by atoms with E-state index in [1.54, 1.807) is 28.8 Å². The van der Waals surface area contributed by atoms with Crippen molar-refractivity contribution in [3.63, 3.8) is 0 Å². The predicted molar refractivity (Wildman–Crippen MR) is 141 cm³/mol. The van der Waals surface area contributed by atoms with E-state index >= 15 is 0 Å². The molecule has 0 fully saturated rings. The Morgan fingerprint density at radius 2 is 1.57 bits per heavy atom. The van der Waals surface area contributed by atoms with Crippen molar-refractivity contribution in [3.8, 4) is 0 Å². The Morgan fingerprint density at radius 1 is 0.914 bits per heavy atom. The van der Waals surface area contributed by atoms with E-state index in [9.17, 15) is 14.0 Å². The number of benzene rings is 3. The number of nitrogens with zero attached hydrogens (tertiary/aromatic N) is 1. The SMILES string of the molecule is Cc1ccc(SCCC(=O)N(Cc2ccc(F)cc2)[C@@H](Cc2ccccc2)C(=O)NC(C)C)cc1. The van der Waals surface area contributed by atoms with E-state index in [-0.39, 0.29) is 30.2 Å². The molecule has 4 nitrogen and oxygen atoms in total. The number of hydrogen-bond donors (Lipinski definition) is 1. The lowest BCUT2D eigenvalue weighted by molar-refractivity contribution is -0.141. The molecule has 3 aromatic carbocycles. The summed E-state index contributed by atoms with van der Waals surface area (Å²) in [6.45, 7) is 6.08. The first kappa shape index (κ1) is 26.5. The van der Waals surface area contributed by atoms with Crippen LogP contribution in [-0.2, 0) is 22.6 Å². The summed E-state index contributed by atoms with van der Waals surface area (Å²) in [4.78, 5) is 29.6. The van der Waals surface area contributed by atoms with E-state index in [0.29, 0.717) is 18.6 Å². The zero-order valence-electron chi connectivity index (χ0n) is 20.5. The predicted octanol–water partition coefficient (Wildman–Crippen LogP) is 5.78. The van der Waals surface area contributed by atoms with Crippen LogP contribution in [0.15, 0.2) is 83.8 Å². The molecule has 0 aromatic heterocycles. The fraction of sp³-hybridized carbons (Fsp3) is 0.310. The summed E-state index contributed by atoms with van der Waals surface area (Å²) < 4.78 is 13.5. The fourth-order valence-electron chi connectivity index (χ4n) is 3.76. The Bertz CT molecular complexity index is 1090. The van der Waals surface area contributed by atoms with Crippen LogP contribution in [0.3, 0.4) is 0 Å².